The van der Waals surface area contributed by atoms with Crippen molar-refractivity contribution in [3.05, 3.63) is 0 Å². The molecule has 0 spiro atoms. The van der Waals surface area contributed by atoms with Gasteiger partial charge in [0.25, 0.3) is 0 Å². The number of hydrogen-bond donors (Lipinski definition) is 2. The zero-order chi connectivity index (χ0) is 7.44. The third-order valence-electron chi connectivity index (χ3n) is 0.404. The SMILES string of the molecule is CC(=O)ON(O)C(N)=O. The fraction of sp³-hybridized carbons (Fsp3) is 0.333. The molecule has 0 heterocycles. The molecular formula is C3H6N2O4. The minimum atomic E-state index is -1.25. The highest BCUT2D eigenvalue weighted by Crippen LogP contribution is 1.82. The van der Waals surface area contributed by atoms with Gasteiger partial charge in [-0.05, 0) is 5.23 Å². The van der Waals surface area contributed by atoms with Gasteiger partial charge in [0, 0.05) is 6.92 Å². The lowest BCUT2D eigenvalue weighted by atomic mass is 10.8. The molecule has 52 valence electrons. The van der Waals surface area contributed by atoms with Gasteiger partial charge in [-0.1, -0.05) is 0 Å². The summed E-state index contributed by atoms with van der Waals surface area (Å²) >= 11 is 0. The van der Waals surface area contributed by atoms with Gasteiger partial charge in [-0.3, -0.25) is 5.21 Å². The van der Waals surface area contributed by atoms with E-state index >= 15 is 0 Å². The summed E-state index contributed by atoms with van der Waals surface area (Å²) in [6, 6.07) is -1.25. The smallest absolute Gasteiger partial charge is 0.347 e. The lowest BCUT2D eigenvalue weighted by Crippen LogP contribution is -2.34. The van der Waals surface area contributed by atoms with Crippen molar-refractivity contribution in [2.75, 3.05) is 0 Å². The number of carbonyl (C=O) groups is 2. The van der Waals surface area contributed by atoms with Crippen molar-refractivity contribution >= 4 is 12.0 Å². The van der Waals surface area contributed by atoms with Crippen molar-refractivity contribution in [2.24, 2.45) is 5.73 Å². The maximum atomic E-state index is 9.93. The number of nitrogens with two attached hydrogens (primary N) is 1. The Morgan fingerprint density at radius 2 is 2.11 bits per heavy atom. The maximum absolute atomic E-state index is 9.93. The van der Waals surface area contributed by atoms with E-state index in [9.17, 15) is 9.59 Å². The molecule has 0 aromatic carbocycles. The Balaban J connectivity index is 3.63. The molecule has 9 heavy (non-hydrogen) atoms. The Morgan fingerprint density at radius 1 is 1.67 bits per heavy atom. The molecule has 0 aromatic heterocycles. The quantitative estimate of drug-likeness (QED) is 0.336. The molecule has 2 amide bonds. The number of urea groups is 1. The van der Waals surface area contributed by atoms with E-state index in [1.165, 1.54) is 0 Å². The maximum Gasteiger partial charge on any atom is 0.374 e. The van der Waals surface area contributed by atoms with Gasteiger partial charge in [-0.15, -0.1) is 0 Å². The van der Waals surface area contributed by atoms with Crippen LogP contribution >= 0.6 is 0 Å². The first kappa shape index (κ1) is 7.70. The summed E-state index contributed by atoms with van der Waals surface area (Å²) in [6.45, 7) is 1.02. The van der Waals surface area contributed by atoms with Crippen LogP contribution in [0.4, 0.5) is 4.79 Å². The number of hydrogen-bond acceptors (Lipinski definition) is 4. The van der Waals surface area contributed by atoms with Crippen molar-refractivity contribution in [3.63, 3.8) is 0 Å². The van der Waals surface area contributed by atoms with E-state index in [0.29, 0.717) is 0 Å². The first-order valence-corrected chi connectivity index (χ1v) is 2.01. The summed E-state index contributed by atoms with van der Waals surface area (Å²) in [7, 11) is 0. The molecule has 0 saturated carbocycles. The van der Waals surface area contributed by atoms with Crippen LogP contribution in [0.25, 0.3) is 0 Å². The van der Waals surface area contributed by atoms with Crippen LogP contribution in [0.3, 0.4) is 0 Å². The number of nitrogens with zero attached hydrogens (tertiary/aromatic N) is 1. The molecule has 0 bridgehead atoms. The first-order valence-electron chi connectivity index (χ1n) is 2.01. The van der Waals surface area contributed by atoms with Crippen LogP contribution < -0.4 is 5.73 Å². The summed E-state index contributed by atoms with van der Waals surface area (Å²) < 4.78 is 0. The Labute approximate surface area is 50.7 Å². The topological polar surface area (TPSA) is 92.9 Å². The van der Waals surface area contributed by atoms with E-state index in [1.54, 1.807) is 0 Å². The molecule has 0 radical (unpaired) electrons. The molecule has 0 saturated heterocycles. The molecule has 0 aromatic rings. The summed E-state index contributed by atoms with van der Waals surface area (Å²) in [6.07, 6.45) is 0. The molecule has 6 heteroatoms. The van der Waals surface area contributed by atoms with E-state index in [2.05, 4.69) is 10.6 Å². The summed E-state index contributed by atoms with van der Waals surface area (Å²) in [5, 5.41) is 7.87. The normalized spacial score (nSPS) is 8.22. The van der Waals surface area contributed by atoms with Crippen molar-refractivity contribution in [2.45, 2.75) is 6.92 Å². The number of primary amides is 1. The van der Waals surface area contributed by atoms with E-state index in [0.717, 1.165) is 6.92 Å². The molecule has 0 atom stereocenters. The third kappa shape index (κ3) is 3.30. The number of hydroxylamine groups is 2. The second kappa shape index (κ2) is 2.88. The fourth-order valence-corrected chi connectivity index (χ4v) is 0.167. The van der Waals surface area contributed by atoms with Gasteiger partial charge in [-0.25, -0.2) is 9.59 Å². The second-order valence-electron chi connectivity index (χ2n) is 1.19. The molecule has 0 fully saturated rings. The predicted octanol–water partition coefficient (Wildman–Crippen LogP) is -0.766. The summed E-state index contributed by atoms with van der Waals surface area (Å²) in [4.78, 5) is 23.6. The van der Waals surface area contributed by atoms with E-state index in [4.69, 9.17) is 5.21 Å². The van der Waals surface area contributed by atoms with E-state index in [1.807, 2.05) is 0 Å². The summed E-state index contributed by atoms with van der Waals surface area (Å²) in [5.74, 6) is -0.823. The van der Waals surface area contributed by atoms with Crippen molar-refractivity contribution in [1.29, 1.82) is 0 Å². The largest absolute Gasteiger partial charge is 0.374 e. The van der Waals surface area contributed by atoms with E-state index in [-0.39, 0.29) is 5.23 Å². The molecule has 6 nitrogen and oxygen atoms in total. The number of amides is 2. The molecular weight excluding hydrogens is 128 g/mol. The van der Waals surface area contributed by atoms with E-state index < -0.39 is 12.0 Å². The highest BCUT2D eigenvalue weighted by atomic mass is 16.9. The minimum Gasteiger partial charge on any atom is -0.347 e. The van der Waals surface area contributed by atoms with Gasteiger partial charge in [0.15, 0.2) is 0 Å². The zero-order valence-electron chi connectivity index (χ0n) is 4.70. The van der Waals surface area contributed by atoms with Crippen LogP contribution in [0, 0.1) is 0 Å². The highest BCUT2D eigenvalue weighted by molar-refractivity contribution is 5.73. The second-order valence-corrected chi connectivity index (χ2v) is 1.19. The van der Waals surface area contributed by atoms with Crippen LogP contribution in [0.15, 0.2) is 0 Å². The average Bonchev–Trinajstić information content (AvgIpc) is 1.63. The Morgan fingerprint density at radius 3 is 2.22 bits per heavy atom. The van der Waals surface area contributed by atoms with Crippen LogP contribution in [0.1, 0.15) is 6.92 Å². The standard InChI is InChI=1S/C3H6N2O4/c1-2(6)9-5(8)3(4)7/h8H,1H3,(H2,4,7). The molecule has 0 aliphatic heterocycles. The van der Waals surface area contributed by atoms with Crippen molar-refractivity contribution in [1.82, 2.24) is 5.23 Å². The van der Waals surface area contributed by atoms with Crippen LogP contribution in [0.5, 0.6) is 0 Å². The van der Waals surface area contributed by atoms with Gasteiger partial charge in [0.05, 0.1) is 0 Å². The Bertz CT molecular complexity index is 134. The fourth-order valence-electron chi connectivity index (χ4n) is 0.167. The van der Waals surface area contributed by atoms with Crippen molar-refractivity contribution < 1.29 is 19.6 Å². The molecule has 0 rings (SSSR count). The number of rotatable bonds is 0. The summed E-state index contributed by atoms with van der Waals surface area (Å²) in [5.41, 5.74) is 4.44. The molecule has 0 aliphatic carbocycles. The monoisotopic (exact) mass is 134 g/mol. The van der Waals surface area contributed by atoms with Gasteiger partial charge in [0.2, 0.25) is 0 Å². The van der Waals surface area contributed by atoms with Crippen LogP contribution in [-0.2, 0) is 9.63 Å². The Hall–Kier alpha value is -1.30. The lowest BCUT2D eigenvalue weighted by Gasteiger charge is -2.07. The molecule has 3 N–H and O–H groups in total. The number of carbonyl (C=O) groups excluding carboxylic acids is 2. The van der Waals surface area contributed by atoms with Gasteiger partial charge in [0.1, 0.15) is 0 Å². The molecule has 0 aliphatic rings. The highest BCUT2D eigenvalue weighted by Gasteiger charge is 2.07. The van der Waals surface area contributed by atoms with Crippen LogP contribution in [-0.4, -0.2) is 22.4 Å². The van der Waals surface area contributed by atoms with Crippen LogP contribution in [0.2, 0.25) is 0 Å². The molecule has 0 unspecified atom stereocenters. The van der Waals surface area contributed by atoms with Crippen molar-refractivity contribution in [3.8, 4) is 0 Å². The lowest BCUT2D eigenvalue weighted by molar-refractivity contribution is -0.274. The Kier molecular flexibility index (Phi) is 2.46. The van der Waals surface area contributed by atoms with Gasteiger partial charge < -0.3 is 10.6 Å². The predicted molar refractivity (Wildman–Crippen MR) is 25.0 cm³/mol. The van der Waals surface area contributed by atoms with Gasteiger partial charge >= 0.3 is 12.0 Å². The van der Waals surface area contributed by atoms with Gasteiger partial charge in [-0.2, -0.15) is 0 Å². The first-order chi connectivity index (χ1) is 4.04. The average molecular weight is 134 g/mol. The zero-order valence-corrected chi connectivity index (χ0v) is 4.70. The minimum absolute atomic E-state index is 0.345. The third-order valence-corrected chi connectivity index (χ3v) is 0.404.